The van der Waals surface area contributed by atoms with Gasteiger partial charge in [0.2, 0.25) is 0 Å². The maximum atomic E-state index is 10.5. The monoisotopic (exact) mass is 258 g/mol. The molecule has 19 heavy (non-hydrogen) atoms. The van der Waals surface area contributed by atoms with Gasteiger partial charge in [0, 0.05) is 11.6 Å². The van der Waals surface area contributed by atoms with E-state index < -0.39 is 6.10 Å². The smallest absolute Gasteiger partial charge is 0.128 e. The van der Waals surface area contributed by atoms with E-state index in [0.717, 1.165) is 16.7 Å². The van der Waals surface area contributed by atoms with Crippen LogP contribution in [0.2, 0.25) is 0 Å². The largest absolute Gasteiger partial charge is 0.497 e. The Labute approximate surface area is 113 Å². The zero-order valence-corrected chi connectivity index (χ0v) is 11.4. The Morgan fingerprint density at radius 1 is 1.00 bits per heavy atom. The molecule has 2 aromatic rings. The Morgan fingerprint density at radius 3 is 2.42 bits per heavy atom. The molecule has 3 nitrogen and oxygen atoms in total. The normalized spacial score (nSPS) is 12.0. The van der Waals surface area contributed by atoms with Gasteiger partial charge >= 0.3 is 0 Å². The van der Waals surface area contributed by atoms with Crippen LogP contribution in [0.15, 0.2) is 42.5 Å². The molecule has 0 radical (unpaired) electrons. The number of aliphatic hydroxyl groups excluding tert-OH is 1. The van der Waals surface area contributed by atoms with Crippen LogP contribution in [0, 0.1) is 6.92 Å². The molecule has 0 amide bonds. The fourth-order valence-corrected chi connectivity index (χ4v) is 2.06. The van der Waals surface area contributed by atoms with Crippen LogP contribution in [-0.4, -0.2) is 19.3 Å². The van der Waals surface area contributed by atoms with Crippen LogP contribution < -0.4 is 9.47 Å². The number of aliphatic hydroxyl groups is 1. The van der Waals surface area contributed by atoms with Crippen molar-refractivity contribution in [3.8, 4) is 11.5 Å². The van der Waals surface area contributed by atoms with Gasteiger partial charge in [-0.3, -0.25) is 0 Å². The highest BCUT2D eigenvalue weighted by Gasteiger charge is 2.16. The van der Waals surface area contributed by atoms with Crippen LogP contribution in [0.3, 0.4) is 0 Å². The molecular weight excluding hydrogens is 240 g/mol. The number of aryl methyl sites for hydroxylation is 1. The first-order valence-corrected chi connectivity index (χ1v) is 6.12. The molecule has 0 fully saturated rings. The van der Waals surface area contributed by atoms with E-state index in [1.165, 1.54) is 0 Å². The van der Waals surface area contributed by atoms with Crippen LogP contribution in [-0.2, 0) is 0 Å². The highest BCUT2D eigenvalue weighted by Crippen LogP contribution is 2.33. The van der Waals surface area contributed by atoms with E-state index in [1.54, 1.807) is 20.3 Å². The van der Waals surface area contributed by atoms with Gasteiger partial charge in [-0.1, -0.05) is 29.8 Å². The van der Waals surface area contributed by atoms with Gasteiger partial charge in [-0.25, -0.2) is 0 Å². The molecule has 0 bridgehead atoms. The molecule has 3 heteroatoms. The molecule has 0 heterocycles. The number of rotatable bonds is 4. The standard InChI is InChI=1S/C16H18O3/c1-11-5-4-6-12(9-11)16(17)14-8-7-13(18-2)10-15(14)19-3/h4-10,16-17H,1-3H3. The number of hydrogen-bond donors (Lipinski definition) is 1. The molecule has 0 aliphatic rings. The van der Waals surface area contributed by atoms with Gasteiger partial charge in [0.05, 0.1) is 14.2 Å². The molecule has 0 saturated carbocycles. The Kier molecular flexibility index (Phi) is 4.07. The molecule has 2 aromatic carbocycles. The van der Waals surface area contributed by atoms with Crippen LogP contribution in [0.1, 0.15) is 22.8 Å². The van der Waals surface area contributed by atoms with Crippen LogP contribution in [0.4, 0.5) is 0 Å². The van der Waals surface area contributed by atoms with E-state index in [2.05, 4.69) is 0 Å². The van der Waals surface area contributed by atoms with Crippen molar-refractivity contribution in [3.63, 3.8) is 0 Å². The van der Waals surface area contributed by atoms with Gasteiger partial charge < -0.3 is 14.6 Å². The van der Waals surface area contributed by atoms with Crippen molar-refractivity contribution in [2.45, 2.75) is 13.0 Å². The molecule has 2 rings (SSSR count). The van der Waals surface area contributed by atoms with E-state index >= 15 is 0 Å². The minimum absolute atomic E-state index is 0.619. The first-order valence-electron chi connectivity index (χ1n) is 6.12. The Hall–Kier alpha value is -2.00. The number of ether oxygens (including phenoxy) is 2. The van der Waals surface area contributed by atoms with Crippen LogP contribution >= 0.6 is 0 Å². The van der Waals surface area contributed by atoms with E-state index in [0.29, 0.717) is 11.5 Å². The van der Waals surface area contributed by atoms with Crippen LogP contribution in [0.25, 0.3) is 0 Å². The lowest BCUT2D eigenvalue weighted by Gasteiger charge is -2.16. The minimum atomic E-state index is -0.708. The summed E-state index contributed by atoms with van der Waals surface area (Å²) >= 11 is 0. The van der Waals surface area contributed by atoms with Crippen molar-refractivity contribution in [2.75, 3.05) is 14.2 Å². The fraction of sp³-hybridized carbons (Fsp3) is 0.250. The summed E-state index contributed by atoms with van der Waals surface area (Å²) in [5.41, 5.74) is 2.70. The van der Waals surface area contributed by atoms with Gasteiger partial charge in [-0.15, -0.1) is 0 Å². The lowest BCUT2D eigenvalue weighted by atomic mass is 9.99. The second-order valence-electron chi connectivity index (χ2n) is 4.42. The first-order chi connectivity index (χ1) is 9.15. The predicted molar refractivity (Wildman–Crippen MR) is 74.8 cm³/mol. The highest BCUT2D eigenvalue weighted by atomic mass is 16.5. The van der Waals surface area contributed by atoms with Crippen molar-refractivity contribution in [2.24, 2.45) is 0 Å². The molecule has 1 atom stereocenters. The maximum Gasteiger partial charge on any atom is 0.128 e. The fourth-order valence-electron chi connectivity index (χ4n) is 2.06. The summed E-state index contributed by atoms with van der Waals surface area (Å²) in [5, 5.41) is 10.5. The third-order valence-corrected chi connectivity index (χ3v) is 3.09. The number of benzene rings is 2. The molecule has 1 unspecified atom stereocenters. The Bertz CT molecular complexity index is 564. The molecule has 0 saturated heterocycles. The molecule has 0 spiro atoms. The molecule has 0 aliphatic heterocycles. The van der Waals surface area contributed by atoms with E-state index in [-0.39, 0.29) is 0 Å². The van der Waals surface area contributed by atoms with Crippen molar-refractivity contribution in [1.82, 2.24) is 0 Å². The number of hydrogen-bond acceptors (Lipinski definition) is 3. The van der Waals surface area contributed by atoms with Gasteiger partial charge in [0.15, 0.2) is 0 Å². The Morgan fingerprint density at radius 2 is 1.79 bits per heavy atom. The average molecular weight is 258 g/mol. The summed E-state index contributed by atoms with van der Waals surface area (Å²) in [6.07, 6.45) is -0.708. The van der Waals surface area contributed by atoms with E-state index in [4.69, 9.17) is 9.47 Å². The summed E-state index contributed by atoms with van der Waals surface area (Å²) in [4.78, 5) is 0. The summed E-state index contributed by atoms with van der Waals surface area (Å²) in [5.74, 6) is 1.32. The van der Waals surface area contributed by atoms with Gasteiger partial charge in [0.25, 0.3) is 0 Å². The summed E-state index contributed by atoms with van der Waals surface area (Å²) in [7, 11) is 3.19. The molecule has 1 N–H and O–H groups in total. The second-order valence-corrected chi connectivity index (χ2v) is 4.42. The molecular formula is C16H18O3. The van der Waals surface area contributed by atoms with Crippen molar-refractivity contribution in [3.05, 3.63) is 59.2 Å². The summed E-state index contributed by atoms with van der Waals surface area (Å²) in [6.45, 7) is 2.00. The lowest BCUT2D eigenvalue weighted by Crippen LogP contribution is -2.03. The van der Waals surface area contributed by atoms with Gasteiger partial charge in [-0.05, 0) is 24.6 Å². The van der Waals surface area contributed by atoms with Gasteiger partial charge in [-0.2, -0.15) is 0 Å². The SMILES string of the molecule is COc1ccc(C(O)c2cccc(C)c2)c(OC)c1. The molecule has 0 aliphatic carbocycles. The minimum Gasteiger partial charge on any atom is -0.497 e. The summed E-state index contributed by atoms with van der Waals surface area (Å²) in [6, 6.07) is 13.2. The quantitative estimate of drug-likeness (QED) is 0.915. The second kappa shape index (κ2) is 5.76. The zero-order valence-electron chi connectivity index (χ0n) is 11.4. The topological polar surface area (TPSA) is 38.7 Å². The third kappa shape index (κ3) is 2.88. The van der Waals surface area contributed by atoms with Gasteiger partial charge in [0.1, 0.15) is 17.6 Å². The third-order valence-electron chi connectivity index (χ3n) is 3.09. The van der Waals surface area contributed by atoms with Crippen molar-refractivity contribution < 1.29 is 14.6 Å². The van der Waals surface area contributed by atoms with Crippen LogP contribution in [0.5, 0.6) is 11.5 Å². The van der Waals surface area contributed by atoms with Crippen molar-refractivity contribution >= 4 is 0 Å². The zero-order chi connectivity index (χ0) is 13.8. The van der Waals surface area contributed by atoms with E-state index in [9.17, 15) is 5.11 Å². The number of methoxy groups -OCH3 is 2. The predicted octanol–water partition coefficient (Wildman–Crippen LogP) is 3.09. The lowest BCUT2D eigenvalue weighted by molar-refractivity contribution is 0.214. The average Bonchev–Trinajstić information content (AvgIpc) is 2.45. The Balaban J connectivity index is 2.40. The molecule has 0 aromatic heterocycles. The van der Waals surface area contributed by atoms with E-state index in [1.807, 2.05) is 43.3 Å². The highest BCUT2D eigenvalue weighted by molar-refractivity contribution is 5.45. The van der Waals surface area contributed by atoms with Crippen molar-refractivity contribution in [1.29, 1.82) is 0 Å². The first kappa shape index (κ1) is 13.4. The maximum absolute atomic E-state index is 10.5. The summed E-state index contributed by atoms with van der Waals surface area (Å²) < 4.78 is 10.5. The molecule has 100 valence electrons.